The van der Waals surface area contributed by atoms with Crippen LogP contribution < -0.4 is 5.73 Å². The molecule has 2 N–H and O–H groups in total. The fourth-order valence-electron chi connectivity index (χ4n) is 1.83. The van der Waals surface area contributed by atoms with E-state index in [0.717, 1.165) is 13.0 Å². The first-order chi connectivity index (χ1) is 7.97. The van der Waals surface area contributed by atoms with Gasteiger partial charge in [-0.25, -0.2) is 0 Å². The molecule has 6 heteroatoms. The predicted molar refractivity (Wildman–Crippen MR) is 59.7 cm³/mol. The first-order valence-electron chi connectivity index (χ1n) is 5.68. The van der Waals surface area contributed by atoms with E-state index in [9.17, 15) is 13.2 Å². The van der Waals surface area contributed by atoms with Crippen LogP contribution in [0.4, 0.5) is 13.2 Å². The Morgan fingerprint density at radius 2 is 2.24 bits per heavy atom. The Hall–Kier alpha value is -0.590. The molecule has 1 rings (SSSR count). The number of alkyl halides is 3. The smallest absolute Gasteiger partial charge is 0.380 e. The van der Waals surface area contributed by atoms with Crippen LogP contribution >= 0.6 is 0 Å². The van der Waals surface area contributed by atoms with E-state index in [1.54, 1.807) is 7.11 Å². The summed E-state index contributed by atoms with van der Waals surface area (Å²) in [5.74, 6) is 0. The predicted octanol–water partition coefficient (Wildman–Crippen LogP) is 1.54. The molecule has 0 spiro atoms. The first-order valence-corrected chi connectivity index (χ1v) is 5.68. The van der Waals surface area contributed by atoms with Gasteiger partial charge < -0.3 is 10.5 Å². The van der Waals surface area contributed by atoms with Gasteiger partial charge in [0.25, 0.3) is 0 Å². The van der Waals surface area contributed by atoms with Crippen LogP contribution in [-0.2, 0) is 4.74 Å². The molecule has 3 nitrogen and oxygen atoms in total. The zero-order chi connectivity index (χ0) is 12.9. The molecule has 17 heavy (non-hydrogen) atoms. The summed E-state index contributed by atoms with van der Waals surface area (Å²) in [4.78, 5) is 1.98. The number of methoxy groups -OCH3 is 1. The number of halogens is 3. The number of ether oxygens (including phenoxy) is 1. The molecule has 100 valence electrons. The Balaban J connectivity index is 2.34. The minimum Gasteiger partial charge on any atom is -0.380 e. The van der Waals surface area contributed by atoms with Crippen LogP contribution in [0.15, 0.2) is 11.6 Å². The summed E-state index contributed by atoms with van der Waals surface area (Å²) in [6.45, 7) is 1.97. The van der Waals surface area contributed by atoms with E-state index in [-0.39, 0.29) is 12.5 Å². The van der Waals surface area contributed by atoms with Gasteiger partial charge in [-0.05, 0) is 12.8 Å². The SMILES string of the molecule is COC(CN)CCN1CC=C(C(F)(F)F)CC1. The van der Waals surface area contributed by atoms with Crippen molar-refractivity contribution in [3.8, 4) is 0 Å². The molecule has 0 aliphatic carbocycles. The molecule has 0 amide bonds. The van der Waals surface area contributed by atoms with E-state index in [0.29, 0.717) is 19.6 Å². The summed E-state index contributed by atoms with van der Waals surface area (Å²) in [7, 11) is 1.59. The minimum absolute atomic E-state index is 0.0111. The highest BCUT2D eigenvalue weighted by atomic mass is 19.4. The molecule has 0 saturated carbocycles. The molecule has 0 bridgehead atoms. The molecular weight excluding hydrogens is 233 g/mol. The maximum absolute atomic E-state index is 12.4. The third kappa shape index (κ3) is 4.65. The van der Waals surface area contributed by atoms with Crippen LogP contribution in [0.1, 0.15) is 12.8 Å². The molecule has 0 aromatic carbocycles. The zero-order valence-electron chi connectivity index (χ0n) is 9.96. The van der Waals surface area contributed by atoms with Crippen molar-refractivity contribution in [2.45, 2.75) is 25.1 Å². The lowest BCUT2D eigenvalue weighted by molar-refractivity contribution is -0.0960. The maximum Gasteiger partial charge on any atom is 0.412 e. The van der Waals surface area contributed by atoms with Crippen molar-refractivity contribution in [3.05, 3.63) is 11.6 Å². The second-order valence-corrected chi connectivity index (χ2v) is 4.16. The fraction of sp³-hybridized carbons (Fsp3) is 0.818. The van der Waals surface area contributed by atoms with Gasteiger partial charge in [-0.3, -0.25) is 4.90 Å². The Kier molecular flexibility index (Phi) is 5.42. The van der Waals surface area contributed by atoms with Gasteiger partial charge in [0.15, 0.2) is 0 Å². The molecule has 1 atom stereocenters. The van der Waals surface area contributed by atoms with E-state index in [2.05, 4.69) is 0 Å². The monoisotopic (exact) mass is 252 g/mol. The molecule has 0 aromatic rings. The molecule has 1 aliphatic heterocycles. The lowest BCUT2D eigenvalue weighted by Crippen LogP contribution is -2.35. The average molecular weight is 252 g/mol. The normalized spacial score (nSPS) is 20.2. The second-order valence-electron chi connectivity index (χ2n) is 4.16. The summed E-state index contributed by atoms with van der Waals surface area (Å²) in [5, 5.41) is 0. The van der Waals surface area contributed by atoms with Crippen molar-refractivity contribution in [2.24, 2.45) is 5.73 Å². The number of rotatable bonds is 5. The van der Waals surface area contributed by atoms with Crippen LogP contribution in [0, 0.1) is 0 Å². The van der Waals surface area contributed by atoms with E-state index < -0.39 is 11.7 Å². The summed E-state index contributed by atoms with van der Waals surface area (Å²) < 4.78 is 42.2. The van der Waals surface area contributed by atoms with E-state index in [4.69, 9.17) is 10.5 Å². The highest BCUT2D eigenvalue weighted by molar-refractivity contribution is 5.12. The molecule has 0 aromatic heterocycles. The highest BCUT2D eigenvalue weighted by Crippen LogP contribution is 2.30. The summed E-state index contributed by atoms with van der Waals surface area (Å²) >= 11 is 0. The van der Waals surface area contributed by atoms with Crippen LogP contribution in [0.25, 0.3) is 0 Å². The van der Waals surface area contributed by atoms with E-state index in [1.165, 1.54) is 6.08 Å². The largest absolute Gasteiger partial charge is 0.412 e. The third-order valence-corrected chi connectivity index (χ3v) is 3.02. The quantitative estimate of drug-likeness (QED) is 0.754. The van der Waals surface area contributed by atoms with Crippen LogP contribution in [0.2, 0.25) is 0 Å². The molecule has 1 unspecified atom stereocenters. The summed E-state index contributed by atoms with van der Waals surface area (Å²) in [6, 6.07) is 0. The fourth-order valence-corrected chi connectivity index (χ4v) is 1.83. The maximum atomic E-state index is 12.4. The van der Waals surface area contributed by atoms with Gasteiger partial charge in [0.1, 0.15) is 0 Å². The molecule has 1 aliphatic rings. The highest BCUT2D eigenvalue weighted by Gasteiger charge is 2.34. The number of hydrogen-bond donors (Lipinski definition) is 1. The second kappa shape index (κ2) is 6.37. The van der Waals surface area contributed by atoms with Crippen LogP contribution in [0.3, 0.4) is 0 Å². The van der Waals surface area contributed by atoms with Gasteiger partial charge in [-0.1, -0.05) is 6.08 Å². The summed E-state index contributed by atoms with van der Waals surface area (Å²) in [5.41, 5.74) is 5.07. The van der Waals surface area contributed by atoms with Gasteiger partial charge in [-0.15, -0.1) is 0 Å². The lowest BCUT2D eigenvalue weighted by Gasteiger charge is -2.28. The van der Waals surface area contributed by atoms with Crippen molar-refractivity contribution in [1.29, 1.82) is 0 Å². The third-order valence-electron chi connectivity index (χ3n) is 3.02. The van der Waals surface area contributed by atoms with Gasteiger partial charge in [0.2, 0.25) is 0 Å². The van der Waals surface area contributed by atoms with Crippen molar-refractivity contribution >= 4 is 0 Å². The Bertz CT molecular complexity index is 262. The van der Waals surface area contributed by atoms with E-state index >= 15 is 0 Å². The standard InChI is InChI=1S/C11H19F3N2O/c1-17-10(8-15)4-7-16-5-2-9(3-6-16)11(12,13)14/h2,10H,3-8,15H2,1H3. The van der Waals surface area contributed by atoms with Crippen molar-refractivity contribution in [3.63, 3.8) is 0 Å². The van der Waals surface area contributed by atoms with E-state index in [1.807, 2.05) is 4.90 Å². The molecule has 1 heterocycles. The Labute approximate surface area is 99.4 Å². The van der Waals surface area contributed by atoms with Crippen molar-refractivity contribution in [1.82, 2.24) is 4.90 Å². The Morgan fingerprint density at radius 3 is 2.65 bits per heavy atom. The van der Waals surface area contributed by atoms with Crippen molar-refractivity contribution < 1.29 is 17.9 Å². The first kappa shape index (κ1) is 14.5. The molecule has 0 saturated heterocycles. The number of nitrogens with zero attached hydrogens (tertiary/aromatic N) is 1. The summed E-state index contributed by atoms with van der Waals surface area (Å²) in [6.07, 6.45) is -2.08. The van der Waals surface area contributed by atoms with Gasteiger partial charge in [-0.2, -0.15) is 13.2 Å². The topological polar surface area (TPSA) is 38.5 Å². The molecule has 0 fully saturated rings. The molecular formula is C11H19F3N2O. The van der Waals surface area contributed by atoms with Gasteiger partial charge >= 0.3 is 6.18 Å². The van der Waals surface area contributed by atoms with Gasteiger partial charge in [0.05, 0.1) is 6.10 Å². The number of hydrogen-bond acceptors (Lipinski definition) is 3. The van der Waals surface area contributed by atoms with Crippen LogP contribution in [-0.4, -0.2) is 50.5 Å². The van der Waals surface area contributed by atoms with Crippen LogP contribution in [0.5, 0.6) is 0 Å². The molecule has 0 radical (unpaired) electrons. The Morgan fingerprint density at radius 1 is 1.53 bits per heavy atom. The van der Waals surface area contributed by atoms with Crippen molar-refractivity contribution in [2.75, 3.05) is 33.3 Å². The zero-order valence-corrected chi connectivity index (χ0v) is 9.96. The van der Waals surface area contributed by atoms with Gasteiger partial charge in [0, 0.05) is 38.9 Å². The minimum atomic E-state index is -4.17. The lowest BCUT2D eigenvalue weighted by atomic mass is 10.1. The number of nitrogens with two attached hydrogens (primary N) is 1. The average Bonchev–Trinajstić information content (AvgIpc) is 2.30.